The molecule has 5 aromatic rings. The van der Waals surface area contributed by atoms with E-state index < -0.39 is 5.54 Å². The molecule has 0 aliphatic heterocycles. The van der Waals surface area contributed by atoms with Crippen molar-refractivity contribution in [3.05, 3.63) is 156 Å². The Labute approximate surface area is 201 Å². The maximum atomic E-state index is 5.96. The molecule has 0 unspecified atom stereocenters. The Hall–Kier alpha value is -4.11. The molecular weight excluding hydrogens is 416 g/mol. The monoisotopic (exact) mass is 444 g/mol. The van der Waals surface area contributed by atoms with E-state index in [1.54, 1.807) is 0 Å². The third kappa shape index (κ3) is 4.25. The third-order valence-electron chi connectivity index (χ3n) is 6.25. The second-order valence-corrected chi connectivity index (χ2v) is 8.49. The van der Waals surface area contributed by atoms with Gasteiger partial charge in [-0.15, -0.1) is 0 Å². The van der Waals surface area contributed by atoms with Gasteiger partial charge in [0.2, 0.25) is 0 Å². The molecule has 4 aromatic carbocycles. The molecular formula is C31H28N2O. The number of rotatable bonds is 8. The summed E-state index contributed by atoms with van der Waals surface area (Å²) in [5, 5.41) is 0. The van der Waals surface area contributed by atoms with E-state index in [4.69, 9.17) is 9.72 Å². The fraction of sp³-hybridized carbons (Fsp3) is 0.129. The van der Waals surface area contributed by atoms with Gasteiger partial charge in [0, 0.05) is 12.6 Å². The van der Waals surface area contributed by atoms with Crippen LogP contribution in [0.1, 0.15) is 27.9 Å². The first kappa shape index (κ1) is 21.7. The van der Waals surface area contributed by atoms with Crippen LogP contribution in [0.2, 0.25) is 0 Å². The first-order valence-electron chi connectivity index (χ1n) is 11.7. The number of aryl methyl sites for hydroxylation is 1. The summed E-state index contributed by atoms with van der Waals surface area (Å²) in [6.07, 6.45) is 4.84. The predicted molar refractivity (Wildman–Crippen MR) is 137 cm³/mol. The quantitative estimate of drug-likeness (QED) is 0.250. The molecule has 168 valence electrons. The van der Waals surface area contributed by atoms with E-state index in [9.17, 15) is 0 Å². The number of nitrogens with zero attached hydrogens (tertiary/aromatic N) is 2. The van der Waals surface area contributed by atoms with Gasteiger partial charge in [-0.1, -0.05) is 109 Å². The summed E-state index contributed by atoms with van der Waals surface area (Å²) in [4.78, 5) is 4.79. The zero-order valence-electron chi connectivity index (χ0n) is 19.3. The molecule has 0 amide bonds. The summed E-state index contributed by atoms with van der Waals surface area (Å²) in [6, 6.07) is 40.1. The molecule has 1 aromatic heterocycles. The highest BCUT2D eigenvalue weighted by Crippen LogP contribution is 2.40. The Morgan fingerprint density at radius 2 is 1.18 bits per heavy atom. The number of aromatic nitrogens is 2. The summed E-state index contributed by atoms with van der Waals surface area (Å²) >= 11 is 0. The van der Waals surface area contributed by atoms with Crippen LogP contribution in [0.25, 0.3) is 0 Å². The van der Waals surface area contributed by atoms with Crippen LogP contribution in [0.3, 0.4) is 0 Å². The normalized spacial score (nSPS) is 11.3. The molecule has 34 heavy (non-hydrogen) atoms. The van der Waals surface area contributed by atoms with Crippen LogP contribution in [0.4, 0.5) is 0 Å². The van der Waals surface area contributed by atoms with Gasteiger partial charge < -0.3 is 9.30 Å². The molecule has 0 aliphatic rings. The Morgan fingerprint density at radius 1 is 0.676 bits per heavy atom. The Bertz CT molecular complexity index is 1210. The van der Waals surface area contributed by atoms with Crippen LogP contribution in [0.5, 0.6) is 5.75 Å². The van der Waals surface area contributed by atoms with Crippen molar-refractivity contribution >= 4 is 0 Å². The van der Waals surface area contributed by atoms with Gasteiger partial charge in [0.1, 0.15) is 11.3 Å². The van der Waals surface area contributed by atoms with Crippen LogP contribution in [0.15, 0.2) is 128 Å². The van der Waals surface area contributed by atoms with Crippen molar-refractivity contribution in [1.29, 1.82) is 0 Å². The Kier molecular flexibility index (Phi) is 6.26. The molecule has 0 radical (unpaired) electrons. The van der Waals surface area contributed by atoms with Crippen molar-refractivity contribution in [2.24, 2.45) is 0 Å². The lowest BCUT2D eigenvalue weighted by Gasteiger charge is -2.37. The number of hydrogen-bond donors (Lipinski definition) is 0. The third-order valence-corrected chi connectivity index (χ3v) is 6.25. The summed E-state index contributed by atoms with van der Waals surface area (Å²) < 4.78 is 8.21. The zero-order valence-corrected chi connectivity index (χ0v) is 19.3. The largest absolute Gasteiger partial charge is 0.493 e. The maximum Gasteiger partial charge on any atom is 0.121 e. The number of benzene rings is 4. The first-order chi connectivity index (χ1) is 16.8. The van der Waals surface area contributed by atoms with Crippen LogP contribution in [-0.2, 0) is 12.0 Å². The number of ether oxygens (including phenoxy) is 1. The van der Waals surface area contributed by atoms with E-state index in [1.165, 1.54) is 22.3 Å². The van der Waals surface area contributed by atoms with Gasteiger partial charge in [-0.3, -0.25) is 0 Å². The molecule has 5 rings (SSSR count). The van der Waals surface area contributed by atoms with E-state index in [1.807, 2.05) is 18.5 Å². The van der Waals surface area contributed by atoms with Crippen molar-refractivity contribution in [2.75, 3.05) is 6.61 Å². The smallest absolute Gasteiger partial charge is 0.121 e. The van der Waals surface area contributed by atoms with Gasteiger partial charge in [0.25, 0.3) is 0 Å². The van der Waals surface area contributed by atoms with Gasteiger partial charge in [-0.2, -0.15) is 0 Å². The number of imidazole rings is 1. The second-order valence-electron chi connectivity index (χ2n) is 8.49. The molecule has 0 N–H and O–H groups in total. The Morgan fingerprint density at radius 3 is 1.68 bits per heavy atom. The summed E-state index contributed by atoms with van der Waals surface area (Å²) in [7, 11) is 0. The highest BCUT2D eigenvalue weighted by atomic mass is 16.5. The van der Waals surface area contributed by atoms with Gasteiger partial charge in [-0.25, -0.2) is 4.98 Å². The van der Waals surface area contributed by atoms with Gasteiger partial charge in [0.15, 0.2) is 0 Å². The standard InChI is InChI=1S/C31H28N2O/c1-25-17-19-30(20-18-25)34-22-21-29-23-33(24-32-29)31(26-11-5-2-6-12-26,27-13-7-3-8-14-27)28-15-9-4-10-16-28/h2-20,23-24H,21-22H2,1H3. The molecule has 0 spiro atoms. The van der Waals surface area contributed by atoms with E-state index in [0.717, 1.165) is 17.9 Å². The lowest BCUT2D eigenvalue weighted by Crippen LogP contribution is -2.36. The molecule has 0 saturated heterocycles. The highest BCUT2D eigenvalue weighted by molar-refractivity contribution is 5.50. The maximum absolute atomic E-state index is 5.96. The Balaban J connectivity index is 1.54. The van der Waals surface area contributed by atoms with E-state index in [0.29, 0.717) is 6.61 Å². The van der Waals surface area contributed by atoms with Gasteiger partial charge in [-0.05, 0) is 35.7 Å². The minimum Gasteiger partial charge on any atom is -0.493 e. The SMILES string of the molecule is Cc1ccc(OCCc2cn(C(c3ccccc3)(c3ccccc3)c3ccccc3)cn2)cc1. The zero-order chi connectivity index (χ0) is 23.2. The van der Waals surface area contributed by atoms with E-state index in [2.05, 4.69) is 121 Å². The van der Waals surface area contributed by atoms with Crippen molar-refractivity contribution in [3.8, 4) is 5.75 Å². The fourth-order valence-corrected chi connectivity index (χ4v) is 4.57. The van der Waals surface area contributed by atoms with Crippen molar-refractivity contribution in [2.45, 2.75) is 18.9 Å². The summed E-state index contributed by atoms with van der Waals surface area (Å²) in [5.41, 5.74) is 5.25. The van der Waals surface area contributed by atoms with Crippen molar-refractivity contribution < 1.29 is 4.74 Å². The molecule has 0 bridgehead atoms. The lowest BCUT2D eigenvalue weighted by molar-refractivity contribution is 0.320. The topological polar surface area (TPSA) is 27.1 Å². The van der Waals surface area contributed by atoms with Crippen LogP contribution < -0.4 is 4.74 Å². The highest BCUT2D eigenvalue weighted by Gasteiger charge is 2.38. The van der Waals surface area contributed by atoms with Gasteiger partial charge in [0.05, 0.1) is 18.6 Å². The second kappa shape index (κ2) is 9.80. The van der Waals surface area contributed by atoms with Crippen molar-refractivity contribution in [1.82, 2.24) is 9.55 Å². The molecule has 0 saturated carbocycles. The van der Waals surface area contributed by atoms with Crippen LogP contribution in [0, 0.1) is 6.92 Å². The van der Waals surface area contributed by atoms with Crippen LogP contribution >= 0.6 is 0 Å². The molecule has 3 heteroatoms. The number of hydrogen-bond acceptors (Lipinski definition) is 2. The summed E-state index contributed by atoms with van der Waals surface area (Å²) in [6.45, 7) is 2.66. The molecule has 0 atom stereocenters. The van der Waals surface area contributed by atoms with E-state index in [-0.39, 0.29) is 0 Å². The van der Waals surface area contributed by atoms with E-state index >= 15 is 0 Å². The van der Waals surface area contributed by atoms with Crippen molar-refractivity contribution in [3.63, 3.8) is 0 Å². The van der Waals surface area contributed by atoms with Gasteiger partial charge >= 0.3 is 0 Å². The minimum absolute atomic E-state index is 0.535. The fourth-order valence-electron chi connectivity index (χ4n) is 4.57. The molecule has 1 heterocycles. The average molecular weight is 445 g/mol. The molecule has 0 aliphatic carbocycles. The average Bonchev–Trinajstić information content (AvgIpc) is 3.37. The summed E-state index contributed by atoms with van der Waals surface area (Å²) in [5.74, 6) is 0.886. The predicted octanol–water partition coefficient (Wildman–Crippen LogP) is 6.65. The van der Waals surface area contributed by atoms with Crippen LogP contribution in [-0.4, -0.2) is 16.2 Å². The lowest BCUT2D eigenvalue weighted by atomic mass is 9.77. The first-order valence-corrected chi connectivity index (χ1v) is 11.7. The molecule has 0 fully saturated rings. The molecule has 3 nitrogen and oxygen atoms in total. The minimum atomic E-state index is -0.535.